The molecule has 0 N–H and O–H groups in total. The van der Waals surface area contributed by atoms with Crippen LogP contribution in [0.2, 0.25) is 0 Å². The van der Waals surface area contributed by atoms with E-state index in [-0.39, 0.29) is 9.79 Å². The maximum absolute atomic E-state index is 13.0. The lowest BCUT2D eigenvalue weighted by Gasteiger charge is -2.09. The quantitative estimate of drug-likeness (QED) is 0.314. The second-order valence-electron chi connectivity index (χ2n) is 7.03. The Hall–Kier alpha value is -4.23. The first-order valence-corrected chi connectivity index (χ1v) is 11.4. The third kappa shape index (κ3) is 5.16. The van der Waals surface area contributed by atoms with Crippen LogP contribution in [0.4, 0.5) is 0 Å². The summed E-state index contributed by atoms with van der Waals surface area (Å²) < 4.78 is 37.3. The van der Waals surface area contributed by atoms with Gasteiger partial charge in [-0.1, -0.05) is 24.3 Å². The van der Waals surface area contributed by atoms with E-state index in [2.05, 4.69) is 0 Å². The molecular weight excluding hydrogens is 440 g/mol. The average Bonchev–Trinajstić information content (AvgIpc) is 2.85. The summed E-state index contributed by atoms with van der Waals surface area (Å²) in [4.78, 5) is 22.0. The van der Waals surface area contributed by atoms with Crippen LogP contribution in [0.15, 0.2) is 107 Å². The highest BCUT2D eigenvalue weighted by molar-refractivity contribution is 7.91. The number of benzene rings is 4. The molecule has 0 aliphatic carbocycles. The molecule has 0 spiro atoms. The summed E-state index contributed by atoms with van der Waals surface area (Å²) in [6.07, 6.45) is 1.45. The van der Waals surface area contributed by atoms with E-state index in [4.69, 9.17) is 9.47 Å². The maximum atomic E-state index is 13.0. The standard InChI is InChI=1S/C26H18O6S/c27-17-19-3-1-5-23(15-19)31-21-7-11-25(12-8-21)33(29,30)26-13-9-22(10-14-26)32-24-6-2-4-20(16-24)18-28/h1-18H. The fourth-order valence-electron chi connectivity index (χ4n) is 3.08. The highest BCUT2D eigenvalue weighted by atomic mass is 32.2. The van der Waals surface area contributed by atoms with Crippen LogP contribution in [0.3, 0.4) is 0 Å². The van der Waals surface area contributed by atoms with Crippen LogP contribution in [0, 0.1) is 0 Å². The predicted octanol–water partition coefficient (Wildman–Crippen LogP) is 5.73. The van der Waals surface area contributed by atoms with E-state index in [0.717, 1.165) is 12.6 Å². The fourth-order valence-corrected chi connectivity index (χ4v) is 4.35. The number of hydrogen-bond donors (Lipinski definition) is 0. The third-order valence-electron chi connectivity index (χ3n) is 4.73. The topological polar surface area (TPSA) is 86.7 Å². The molecule has 0 saturated carbocycles. The first-order valence-electron chi connectivity index (χ1n) is 9.89. The maximum Gasteiger partial charge on any atom is 0.206 e. The average molecular weight is 458 g/mol. The smallest absolute Gasteiger partial charge is 0.206 e. The second-order valence-corrected chi connectivity index (χ2v) is 8.98. The van der Waals surface area contributed by atoms with Crippen molar-refractivity contribution in [1.82, 2.24) is 0 Å². The summed E-state index contributed by atoms with van der Waals surface area (Å²) in [7, 11) is -3.74. The van der Waals surface area contributed by atoms with Gasteiger partial charge in [-0.2, -0.15) is 0 Å². The fraction of sp³-hybridized carbons (Fsp3) is 0. The van der Waals surface area contributed by atoms with Gasteiger partial charge in [-0.15, -0.1) is 0 Å². The lowest BCUT2D eigenvalue weighted by atomic mass is 10.2. The summed E-state index contributed by atoms with van der Waals surface area (Å²) in [5, 5.41) is 0. The molecule has 0 unspecified atom stereocenters. The third-order valence-corrected chi connectivity index (χ3v) is 6.51. The summed E-state index contributed by atoms with van der Waals surface area (Å²) in [6.45, 7) is 0. The highest BCUT2D eigenvalue weighted by Crippen LogP contribution is 2.28. The highest BCUT2D eigenvalue weighted by Gasteiger charge is 2.18. The Morgan fingerprint density at radius 2 is 0.909 bits per heavy atom. The van der Waals surface area contributed by atoms with E-state index in [1.165, 1.54) is 24.3 Å². The minimum Gasteiger partial charge on any atom is -0.457 e. The first kappa shape index (κ1) is 22.0. The largest absolute Gasteiger partial charge is 0.457 e. The first-order chi connectivity index (χ1) is 16.0. The number of carbonyl (C=O) groups is 2. The van der Waals surface area contributed by atoms with Crippen LogP contribution in [0.5, 0.6) is 23.0 Å². The zero-order chi connectivity index (χ0) is 23.3. The second kappa shape index (κ2) is 9.50. The lowest BCUT2D eigenvalue weighted by molar-refractivity contribution is 0.111. The van der Waals surface area contributed by atoms with Gasteiger partial charge in [-0.25, -0.2) is 8.42 Å². The molecule has 0 amide bonds. The van der Waals surface area contributed by atoms with E-state index in [9.17, 15) is 18.0 Å². The van der Waals surface area contributed by atoms with Crippen LogP contribution < -0.4 is 9.47 Å². The SMILES string of the molecule is O=Cc1cccc(Oc2ccc(S(=O)(=O)c3ccc(Oc4cccc(C=O)c4)cc3)cc2)c1. The summed E-state index contributed by atoms with van der Waals surface area (Å²) in [5.41, 5.74) is 0.964. The van der Waals surface area contributed by atoms with Gasteiger partial charge in [0.2, 0.25) is 9.84 Å². The Morgan fingerprint density at radius 1 is 0.515 bits per heavy atom. The van der Waals surface area contributed by atoms with E-state index < -0.39 is 9.84 Å². The van der Waals surface area contributed by atoms with E-state index >= 15 is 0 Å². The van der Waals surface area contributed by atoms with E-state index in [1.54, 1.807) is 72.8 Å². The van der Waals surface area contributed by atoms with Gasteiger partial charge in [0.1, 0.15) is 35.6 Å². The van der Waals surface area contributed by atoms with Crippen LogP contribution in [0.1, 0.15) is 20.7 Å². The number of carbonyl (C=O) groups excluding carboxylic acids is 2. The van der Waals surface area contributed by atoms with Crippen LogP contribution >= 0.6 is 0 Å². The van der Waals surface area contributed by atoms with Gasteiger partial charge in [0.15, 0.2) is 0 Å². The van der Waals surface area contributed by atoms with Crippen molar-refractivity contribution in [3.05, 3.63) is 108 Å². The monoisotopic (exact) mass is 458 g/mol. The van der Waals surface area contributed by atoms with Crippen molar-refractivity contribution in [2.75, 3.05) is 0 Å². The Morgan fingerprint density at radius 3 is 1.27 bits per heavy atom. The Bertz CT molecular complexity index is 1290. The molecule has 4 rings (SSSR count). The van der Waals surface area contributed by atoms with Gasteiger partial charge in [0.25, 0.3) is 0 Å². The lowest BCUT2D eigenvalue weighted by Crippen LogP contribution is -2.01. The van der Waals surface area contributed by atoms with Gasteiger partial charge in [0, 0.05) is 11.1 Å². The van der Waals surface area contributed by atoms with Crippen molar-refractivity contribution >= 4 is 22.4 Å². The Kier molecular flexibility index (Phi) is 6.33. The van der Waals surface area contributed by atoms with Crippen LogP contribution in [-0.2, 0) is 9.84 Å². The number of rotatable bonds is 8. The molecule has 0 bridgehead atoms. The zero-order valence-electron chi connectivity index (χ0n) is 17.3. The molecule has 4 aromatic carbocycles. The van der Waals surface area contributed by atoms with Crippen LogP contribution in [-0.4, -0.2) is 21.0 Å². The van der Waals surface area contributed by atoms with Crippen molar-refractivity contribution in [2.45, 2.75) is 9.79 Å². The van der Waals surface area contributed by atoms with Crippen molar-refractivity contribution in [2.24, 2.45) is 0 Å². The van der Waals surface area contributed by atoms with Gasteiger partial charge in [0.05, 0.1) is 9.79 Å². The predicted molar refractivity (Wildman–Crippen MR) is 122 cm³/mol. The molecular formula is C26H18O6S. The molecule has 7 heteroatoms. The molecule has 0 saturated heterocycles. The molecule has 0 aromatic heterocycles. The number of ether oxygens (including phenoxy) is 2. The van der Waals surface area contributed by atoms with E-state index in [0.29, 0.717) is 34.1 Å². The summed E-state index contributed by atoms with van der Waals surface area (Å²) in [6, 6.07) is 25.4. The van der Waals surface area contributed by atoms with Crippen molar-refractivity contribution in [1.29, 1.82) is 0 Å². The van der Waals surface area contributed by atoms with Crippen LogP contribution in [0.25, 0.3) is 0 Å². The van der Waals surface area contributed by atoms with Gasteiger partial charge in [-0.05, 0) is 72.8 Å². The minimum atomic E-state index is -3.74. The van der Waals surface area contributed by atoms with Gasteiger partial charge in [-0.3, -0.25) is 9.59 Å². The molecule has 6 nitrogen and oxygen atoms in total. The molecule has 0 atom stereocenters. The van der Waals surface area contributed by atoms with Gasteiger partial charge >= 0.3 is 0 Å². The molecule has 33 heavy (non-hydrogen) atoms. The summed E-state index contributed by atoms with van der Waals surface area (Å²) >= 11 is 0. The minimum absolute atomic E-state index is 0.115. The normalized spacial score (nSPS) is 10.9. The molecule has 4 aromatic rings. The molecule has 0 fully saturated rings. The Balaban J connectivity index is 1.49. The number of hydrogen-bond acceptors (Lipinski definition) is 6. The van der Waals surface area contributed by atoms with Crippen molar-refractivity contribution in [3.8, 4) is 23.0 Å². The number of aldehydes is 2. The van der Waals surface area contributed by atoms with E-state index in [1.807, 2.05) is 0 Å². The molecule has 0 heterocycles. The van der Waals surface area contributed by atoms with Gasteiger partial charge < -0.3 is 9.47 Å². The molecule has 164 valence electrons. The number of sulfone groups is 1. The van der Waals surface area contributed by atoms with Crippen molar-refractivity contribution < 1.29 is 27.5 Å². The molecule has 0 radical (unpaired) electrons. The molecule has 0 aliphatic rings. The Labute approximate surface area is 191 Å². The molecule has 0 aliphatic heterocycles. The zero-order valence-corrected chi connectivity index (χ0v) is 18.1. The van der Waals surface area contributed by atoms with Crippen molar-refractivity contribution in [3.63, 3.8) is 0 Å². The summed E-state index contributed by atoms with van der Waals surface area (Å²) in [5.74, 6) is 1.84.